The maximum Gasteiger partial charge on any atom is 0.0442 e. The fourth-order valence-corrected chi connectivity index (χ4v) is 2.27. The van der Waals surface area contributed by atoms with Crippen molar-refractivity contribution in [2.75, 3.05) is 6.61 Å². The van der Waals surface area contributed by atoms with Crippen LogP contribution in [-0.4, -0.2) is 11.7 Å². The van der Waals surface area contributed by atoms with E-state index in [1.807, 2.05) is 0 Å². The fraction of sp³-hybridized carbons (Fsp3) is 0.667. The van der Waals surface area contributed by atoms with Crippen LogP contribution in [0, 0.1) is 5.41 Å². The van der Waals surface area contributed by atoms with E-state index >= 15 is 0 Å². The maximum absolute atomic E-state index is 9.05. The van der Waals surface area contributed by atoms with E-state index < -0.39 is 0 Å². The maximum atomic E-state index is 9.05. The molecule has 0 heterocycles. The molecule has 1 aliphatic carbocycles. The van der Waals surface area contributed by atoms with Gasteiger partial charge in [0.2, 0.25) is 0 Å². The molecule has 0 aromatic carbocycles. The minimum atomic E-state index is 0. The topological polar surface area (TPSA) is 20.2 Å². The van der Waals surface area contributed by atoms with Gasteiger partial charge in [0.1, 0.15) is 0 Å². The summed E-state index contributed by atoms with van der Waals surface area (Å²) in [6, 6.07) is 0. The molecule has 1 N–H and O–H groups in total. The van der Waals surface area contributed by atoms with E-state index in [2.05, 4.69) is 34.6 Å². The van der Waals surface area contributed by atoms with Crippen LogP contribution in [0.2, 0.25) is 0 Å². The summed E-state index contributed by atoms with van der Waals surface area (Å²) in [6.07, 6.45) is 0.847. The Labute approximate surface area is 106 Å². The molecule has 0 bridgehead atoms. The normalized spacial score (nSPS) is 20.1. The van der Waals surface area contributed by atoms with Crippen LogP contribution in [0.25, 0.3) is 0 Å². The Morgan fingerprint density at radius 1 is 1.00 bits per heavy atom. The molecule has 78 valence electrons. The summed E-state index contributed by atoms with van der Waals surface area (Å²) in [6.45, 7) is 11.2. The van der Waals surface area contributed by atoms with E-state index in [0.717, 1.165) is 6.42 Å². The number of aliphatic hydroxyl groups is 1. The molecule has 1 aliphatic rings. The SMILES string of the molecule is CC1=C(C)C(C)(CCO)C(C)=C1C.[Zr]. The summed E-state index contributed by atoms with van der Waals surface area (Å²) in [5, 5.41) is 9.05. The molecule has 0 spiro atoms. The summed E-state index contributed by atoms with van der Waals surface area (Å²) < 4.78 is 0. The van der Waals surface area contributed by atoms with Gasteiger partial charge in [-0.1, -0.05) is 18.1 Å². The van der Waals surface area contributed by atoms with Gasteiger partial charge in [-0.15, -0.1) is 0 Å². The largest absolute Gasteiger partial charge is 0.396 e. The third-order valence-corrected chi connectivity index (χ3v) is 3.95. The van der Waals surface area contributed by atoms with Crippen LogP contribution >= 0.6 is 0 Å². The van der Waals surface area contributed by atoms with Crippen molar-refractivity contribution in [3.63, 3.8) is 0 Å². The minimum absolute atomic E-state index is 0. The first-order chi connectivity index (χ1) is 5.95. The summed E-state index contributed by atoms with van der Waals surface area (Å²) in [5.41, 5.74) is 5.79. The molecule has 1 nitrogen and oxygen atoms in total. The Morgan fingerprint density at radius 3 is 1.64 bits per heavy atom. The third kappa shape index (κ3) is 1.97. The number of hydrogen-bond donors (Lipinski definition) is 1. The van der Waals surface area contributed by atoms with Crippen LogP contribution < -0.4 is 0 Å². The molecular weight excluding hydrogens is 251 g/mol. The van der Waals surface area contributed by atoms with Crippen LogP contribution in [0.3, 0.4) is 0 Å². The zero-order valence-corrected chi connectivity index (χ0v) is 12.3. The first-order valence-electron chi connectivity index (χ1n) is 4.92. The van der Waals surface area contributed by atoms with Crippen molar-refractivity contribution in [3.05, 3.63) is 22.3 Å². The second kappa shape index (κ2) is 4.90. The van der Waals surface area contributed by atoms with Gasteiger partial charge in [-0.2, -0.15) is 0 Å². The van der Waals surface area contributed by atoms with Crippen molar-refractivity contribution in [1.29, 1.82) is 0 Å². The molecule has 1 rings (SSSR count). The predicted octanol–water partition coefficient (Wildman–Crippen LogP) is 3.06. The summed E-state index contributed by atoms with van der Waals surface area (Å²) in [5.74, 6) is 0. The standard InChI is InChI=1S/C12H20O.Zr/c1-8-9(2)11(4)12(5,6-7-13)10(8)3;/h13H,6-7H2,1-5H3;. The van der Waals surface area contributed by atoms with Crippen molar-refractivity contribution in [2.45, 2.75) is 41.0 Å². The molecule has 0 saturated heterocycles. The molecule has 0 aromatic heterocycles. The average molecular weight is 272 g/mol. The Morgan fingerprint density at radius 2 is 1.36 bits per heavy atom. The molecule has 0 saturated carbocycles. The van der Waals surface area contributed by atoms with Gasteiger partial charge in [0.15, 0.2) is 0 Å². The van der Waals surface area contributed by atoms with Gasteiger partial charge in [-0.3, -0.25) is 0 Å². The zero-order chi connectivity index (χ0) is 10.2. The van der Waals surface area contributed by atoms with Gasteiger partial charge in [0.05, 0.1) is 0 Å². The Hall–Kier alpha value is 0.323. The van der Waals surface area contributed by atoms with Gasteiger partial charge < -0.3 is 5.11 Å². The Bertz CT molecular complexity index is 263. The number of hydrogen-bond acceptors (Lipinski definition) is 1. The second-order valence-corrected chi connectivity index (χ2v) is 4.31. The van der Waals surface area contributed by atoms with Gasteiger partial charge >= 0.3 is 0 Å². The van der Waals surface area contributed by atoms with Crippen molar-refractivity contribution in [3.8, 4) is 0 Å². The van der Waals surface area contributed by atoms with E-state index in [-0.39, 0.29) is 38.2 Å². The quantitative estimate of drug-likeness (QED) is 0.818. The molecule has 0 aromatic rings. The van der Waals surface area contributed by atoms with Crippen molar-refractivity contribution < 1.29 is 31.3 Å². The van der Waals surface area contributed by atoms with Gasteiger partial charge in [-0.25, -0.2) is 0 Å². The first kappa shape index (κ1) is 14.3. The molecule has 0 unspecified atom stereocenters. The van der Waals surface area contributed by atoms with Gasteiger partial charge in [0, 0.05) is 38.2 Å². The van der Waals surface area contributed by atoms with Gasteiger partial charge in [0.25, 0.3) is 0 Å². The Balaban J connectivity index is 0.00000169. The molecule has 2 heteroatoms. The van der Waals surface area contributed by atoms with E-state index in [1.54, 1.807) is 0 Å². The Kier molecular flexibility index (Phi) is 5.01. The minimum Gasteiger partial charge on any atom is -0.396 e. The van der Waals surface area contributed by atoms with E-state index in [4.69, 9.17) is 5.11 Å². The molecule has 0 amide bonds. The number of rotatable bonds is 2. The third-order valence-electron chi connectivity index (χ3n) is 3.95. The van der Waals surface area contributed by atoms with E-state index in [1.165, 1.54) is 22.3 Å². The first-order valence-corrected chi connectivity index (χ1v) is 4.92. The van der Waals surface area contributed by atoms with Crippen molar-refractivity contribution in [1.82, 2.24) is 0 Å². The zero-order valence-electron chi connectivity index (χ0n) is 9.86. The molecule has 14 heavy (non-hydrogen) atoms. The van der Waals surface area contributed by atoms with Crippen LogP contribution in [0.15, 0.2) is 22.3 Å². The van der Waals surface area contributed by atoms with Gasteiger partial charge in [-0.05, 0) is 45.3 Å². The summed E-state index contributed by atoms with van der Waals surface area (Å²) >= 11 is 0. The molecular formula is C12H20OZr. The molecule has 0 atom stereocenters. The smallest absolute Gasteiger partial charge is 0.0442 e. The van der Waals surface area contributed by atoms with E-state index in [9.17, 15) is 0 Å². The van der Waals surface area contributed by atoms with Crippen LogP contribution in [0.4, 0.5) is 0 Å². The van der Waals surface area contributed by atoms with Crippen molar-refractivity contribution in [2.24, 2.45) is 5.41 Å². The van der Waals surface area contributed by atoms with E-state index in [0.29, 0.717) is 0 Å². The summed E-state index contributed by atoms with van der Waals surface area (Å²) in [4.78, 5) is 0. The molecule has 0 radical (unpaired) electrons. The number of aliphatic hydroxyl groups excluding tert-OH is 1. The molecule has 0 fully saturated rings. The van der Waals surface area contributed by atoms with Crippen LogP contribution in [0.1, 0.15) is 41.0 Å². The fourth-order valence-electron chi connectivity index (χ4n) is 2.27. The monoisotopic (exact) mass is 270 g/mol. The average Bonchev–Trinajstić information content (AvgIpc) is 2.23. The van der Waals surface area contributed by atoms with Crippen LogP contribution in [-0.2, 0) is 26.2 Å². The second-order valence-electron chi connectivity index (χ2n) is 4.31. The molecule has 0 aliphatic heterocycles. The van der Waals surface area contributed by atoms with Crippen LogP contribution in [0.5, 0.6) is 0 Å². The predicted molar refractivity (Wildman–Crippen MR) is 56.6 cm³/mol. The number of allylic oxidation sites excluding steroid dienone is 4. The van der Waals surface area contributed by atoms with Crippen molar-refractivity contribution >= 4 is 0 Å². The summed E-state index contributed by atoms with van der Waals surface area (Å²) in [7, 11) is 0.